The van der Waals surface area contributed by atoms with Crippen molar-refractivity contribution in [1.29, 1.82) is 0 Å². The summed E-state index contributed by atoms with van der Waals surface area (Å²) >= 11 is 0. The van der Waals surface area contributed by atoms with Crippen molar-refractivity contribution in [3.8, 4) is 0 Å². The van der Waals surface area contributed by atoms with Crippen LogP contribution in [0, 0.1) is 0 Å². The zero-order valence-electron chi connectivity index (χ0n) is 5.04. The Balaban J connectivity index is 2.58. The minimum Gasteiger partial charge on any atom is -0.497 e. The van der Waals surface area contributed by atoms with Gasteiger partial charge in [0.05, 0.1) is 6.26 Å². The van der Waals surface area contributed by atoms with Crippen LogP contribution >= 0.6 is 0 Å². The first kappa shape index (κ1) is 6.08. The molecule has 0 saturated heterocycles. The van der Waals surface area contributed by atoms with E-state index in [4.69, 9.17) is 4.74 Å². The Bertz CT molecular complexity index is 156. The summed E-state index contributed by atoms with van der Waals surface area (Å²) in [5, 5.41) is 0. The standard InChI is InChI=1S/C7H8O2/c8-6-7-2-1-4-9-5-3-7/h1,3-4,6H,2,5H2. The Hall–Kier alpha value is -1.05. The average molecular weight is 124 g/mol. The lowest BCUT2D eigenvalue weighted by molar-refractivity contribution is -0.105. The van der Waals surface area contributed by atoms with E-state index in [-0.39, 0.29) is 0 Å². The molecule has 1 heterocycles. The van der Waals surface area contributed by atoms with Gasteiger partial charge in [0.25, 0.3) is 0 Å². The molecule has 2 heteroatoms. The fourth-order valence-electron chi connectivity index (χ4n) is 0.643. The third-order valence-corrected chi connectivity index (χ3v) is 1.14. The second kappa shape index (κ2) is 3.07. The summed E-state index contributed by atoms with van der Waals surface area (Å²) in [4.78, 5) is 10.2. The molecule has 0 atom stereocenters. The lowest BCUT2D eigenvalue weighted by atomic mass is 10.2. The van der Waals surface area contributed by atoms with Gasteiger partial charge in [0.15, 0.2) is 0 Å². The molecule has 0 aromatic carbocycles. The normalized spacial score (nSPS) is 17.6. The maximum Gasteiger partial charge on any atom is 0.146 e. The largest absolute Gasteiger partial charge is 0.497 e. The van der Waals surface area contributed by atoms with Crippen LogP contribution in [-0.2, 0) is 9.53 Å². The lowest BCUT2D eigenvalue weighted by Gasteiger charge is -1.88. The molecular weight excluding hydrogens is 116 g/mol. The van der Waals surface area contributed by atoms with E-state index in [0.29, 0.717) is 13.0 Å². The molecule has 0 spiro atoms. The van der Waals surface area contributed by atoms with E-state index < -0.39 is 0 Å². The summed E-state index contributed by atoms with van der Waals surface area (Å²) in [6.45, 7) is 0.518. The number of ether oxygens (including phenoxy) is 1. The molecular formula is C7H8O2. The average Bonchev–Trinajstić information content (AvgIpc) is 2.13. The minimum absolute atomic E-state index is 0.518. The van der Waals surface area contributed by atoms with Gasteiger partial charge in [0.2, 0.25) is 0 Å². The van der Waals surface area contributed by atoms with Gasteiger partial charge >= 0.3 is 0 Å². The van der Waals surface area contributed by atoms with E-state index in [1.807, 2.05) is 6.08 Å². The molecule has 9 heavy (non-hydrogen) atoms. The van der Waals surface area contributed by atoms with Crippen molar-refractivity contribution >= 4 is 6.29 Å². The van der Waals surface area contributed by atoms with Crippen LogP contribution < -0.4 is 0 Å². The number of hydrogen-bond donors (Lipinski definition) is 0. The van der Waals surface area contributed by atoms with Crippen molar-refractivity contribution in [2.75, 3.05) is 6.61 Å². The van der Waals surface area contributed by atoms with E-state index >= 15 is 0 Å². The van der Waals surface area contributed by atoms with Gasteiger partial charge < -0.3 is 4.74 Å². The fraction of sp³-hybridized carbons (Fsp3) is 0.286. The van der Waals surface area contributed by atoms with Gasteiger partial charge in [-0.3, -0.25) is 4.79 Å². The monoisotopic (exact) mass is 124 g/mol. The Kier molecular flexibility index (Phi) is 2.07. The van der Waals surface area contributed by atoms with Gasteiger partial charge in [-0.15, -0.1) is 0 Å². The van der Waals surface area contributed by atoms with Crippen molar-refractivity contribution < 1.29 is 9.53 Å². The van der Waals surface area contributed by atoms with E-state index in [2.05, 4.69) is 0 Å². The second-order valence-corrected chi connectivity index (χ2v) is 1.81. The molecule has 0 bridgehead atoms. The summed E-state index contributed by atoms with van der Waals surface area (Å²) in [5.74, 6) is 0. The van der Waals surface area contributed by atoms with Crippen molar-refractivity contribution in [2.24, 2.45) is 0 Å². The Labute approximate surface area is 53.8 Å². The van der Waals surface area contributed by atoms with E-state index in [1.165, 1.54) is 0 Å². The molecule has 0 radical (unpaired) electrons. The molecule has 0 saturated carbocycles. The number of carbonyl (C=O) groups is 1. The van der Waals surface area contributed by atoms with Crippen molar-refractivity contribution in [3.63, 3.8) is 0 Å². The third-order valence-electron chi connectivity index (χ3n) is 1.14. The summed E-state index contributed by atoms with van der Waals surface area (Å²) in [6, 6.07) is 0. The molecule has 1 aliphatic heterocycles. The van der Waals surface area contributed by atoms with Crippen molar-refractivity contribution in [2.45, 2.75) is 6.42 Å². The number of allylic oxidation sites excluding steroid dienone is 2. The maximum atomic E-state index is 10.2. The highest BCUT2D eigenvalue weighted by Crippen LogP contribution is 2.02. The van der Waals surface area contributed by atoms with Gasteiger partial charge in [-0.2, -0.15) is 0 Å². The first-order valence-corrected chi connectivity index (χ1v) is 2.84. The van der Waals surface area contributed by atoms with Crippen LogP contribution in [0.4, 0.5) is 0 Å². The molecule has 48 valence electrons. The van der Waals surface area contributed by atoms with E-state index in [9.17, 15) is 4.79 Å². The highest BCUT2D eigenvalue weighted by atomic mass is 16.5. The molecule has 1 rings (SSSR count). The van der Waals surface area contributed by atoms with Gasteiger partial charge in [-0.25, -0.2) is 0 Å². The van der Waals surface area contributed by atoms with Gasteiger partial charge in [-0.05, 0) is 24.1 Å². The van der Waals surface area contributed by atoms with Crippen LogP contribution in [0.25, 0.3) is 0 Å². The molecule has 1 aliphatic rings. The van der Waals surface area contributed by atoms with E-state index in [1.54, 1.807) is 12.3 Å². The van der Waals surface area contributed by atoms with Crippen LogP contribution in [0.1, 0.15) is 6.42 Å². The summed E-state index contributed by atoms with van der Waals surface area (Å²) in [7, 11) is 0. The van der Waals surface area contributed by atoms with Crippen LogP contribution in [0.2, 0.25) is 0 Å². The van der Waals surface area contributed by atoms with Gasteiger partial charge in [0, 0.05) is 0 Å². The van der Waals surface area contributed by atoms with Gasteiger partial charge in [0.1, 0.15) is 12.9 Å². The predicted molar refractivity (Wildman–Crippen MR) is 33.9 cm³/mol. The number of rotatable bonds is 1. The smallest absolute Gasteiger partial charge is 0.146 e. The minimum atomic E-state index is 0.518. The Morgan fingerprint density at radius 3 is 3.33 bits per heavy atom. The highest BCUT2D eigenvalue weighted by molar-refractivity contribution is 5.73. The zero-order chi connectivity index (χ0) is 6.53. The quantitative estimate of drug-likeness (QED) is 0.488. The van der Waals surface area contributed by atoms with Crippen LogP contribution in [-0.4, -0.2) is 12.9 Å². The first-order chi connectivity index (χ1) is 4.43. The van der Waals surface area contributed by atoms with Crippen LogP contribution in [0.5, 0.6) is 0 Å². The maximum absolute atomic E-state index is 10.2. The molecule has 0 unspecified atom stereocenters. The van der Waals surface area contributed by atoms with Crippen molar-refractivity contribution in [3.05, 3.63) is 24.0 Å². The fourth-order valence-corrected chi connectivity index (χ4v) is 0.643. The Morgan fingerprint density at radius 2 is 2.56 bits per heavy atom. The number of carbonyl (C=O) groups excluding carboxylic acids is 1. The topological polar surface area (TPSA) is 26.3 Å². The molecule has 0 aromatic heterocycles. The van der Waals surface area contributed by atoms with Crippen LogP contribution in [0.15, 0.2) is 24.0 Å². The molecule has 0 aromatic rings. The molecule has 0 N–H and O–H groups in total. The SMILES string of the molecule is O=CC1=CCOC=CC1. The molecule has 0 aliphatic carbocycles. The summed E-state index contributed by atoms with van der Waals surface area (Å²) in [6.07, 6.45) is 6.79. The molecule has 2 nitrogen and oxygen atoms in total. The van der Waals surface area contributed by atoms with Crippen LogP contribution in [0.3, 0.4) is 0 Å². The Morgan fingerprint density at radius 1 is 1.67 bits per heavy atom. The number of aldehydes is 1. The zero-order valence-corrected chi connectivity index (χ0v) is 5.04. The third kappa shape index (κ3) is 1.72. The van der Waals surface area contributed by atoms with E-state index in [0.717, 1.165) is 11.9 Å². The summed E-state index contributed by atoms with van der Waals surface area (Å²) < 4.78 is 4.91. The highest BCUT2D eigenvalue weighted by Gasteiger charge is 1.93. The molecule has 0 fully saturated rings. The van der Waals surface area contributed by atoms with Crippen molar-refractivity contribution in [1.82, 2.24) is 0 Å². The lowest BCUT2D eigenvalue weighted by Crippen LogP contribution is -1.83. The van der Waals surface area contributed by atoms with Gasteiger partial charge in [-0.1, -0.05) is 0 Å². The number of hydrogen-bond acceptors (Lipinski definition) is 2. The first-order valence-electron chi connectivity index (χ1n) is 2.84. The predicted octanol–water partition coefficient (Wildman–Crippen LogP) is 1.05. The molecule has 0 amide bonds. The second-order valence-electron chi connectivity index (χ2n) is 1.81. The summed E-state index contributed by atoms with van der Waals surface area (Å²) in [5.41, 5.74) is 0.795.